The molecular formula is C13H18N4O2S. The summed E-state index contributed by atoms with van der Waals surface area (Å²) in [5.41, 5.74) is 1.56. The number of fused-ring (bicyclic) bond motifs is 1. The molecule has 7 heteroatoms. The van der Waals surface area contributed by atoms with E-state index in [2.05, 4.69) is 19.9 Å². The van der Waals surface area contributed by atoms with Gasteiger partial charge >= 0.3 is 5.97 Å². The zero-order valence-corrected chi connectivity index (χ0v) is 12.4. The van der Waals surface area contributed by atoms with Crippen molar-refractivity contribution < 1.29 is 9.53 Å². The van der Waals surface area contributed by atoms with E-state index in [4.69, 9.17) is 4.74 Å². The summed E-state index contributed by atoms with van der Waals surface area (Å²) in [6.07, 6.45) is 5.35. The Bertz CT molecular complexity index is 570. The van der Waals surface area contributed by atoms with Crippen LogP contribution in [0.2, 0.25) is 0 Å². The van der Waals surface area contributed by atoms with Crippen LogP contribution in [0, 0.1) is 0 Å². The zero-order valence-electron chi connectivity index (χ0n) is 11.6. The maximum absolute atomic E-state index is 11.4. The van der Waals surface area contributed by atoms with Crippen LogP contribution in [0.3, 0.4) is 0 Å². The first-order valence-electron chi connectivity index (χ1n) is 6.63. The van der Waals surface area contributed by atoms with Crippen LogP contribution in [0.4, 0.5) is 0 Å². The molecule has 0 saturated heterocycles. The second kappa shape index (κ2) is 7.23. The van der Waals surface area contributed by atoms with Crippen LogP contribution < -0.4 is 0 Å². The second-order valence-electron chi connectivity index (χ2n) is 4.62. The Morgan fingerprint density at radius 2 is 2.20 bits per heavy atom. The highest BCUT2D eigenvalue weighted by Crippen LogP contribution is 2.22. The molecule has 108 valence electrons. The van der Waals surface area contributed by atoms with Gasteiger partial charge in [0.15, 0.2) is 5.65 Å². The molecule has 0 unspecified atom stereocenters. The van der Waals surface area contributed by atoms with E-state index in [-0.39, 0.29) is 12.1 Å². The molecule has 0 fully saturated rings. The largest absolute Gasteiger partial charge is 0.463 e. The van der Waals surface area contributed by atoms with Crippen LogP contribution >= 0.6 is 11.8 Å². The number of esters is 1. The molecule has 0 saturated carbocycles. The molecule has 0 amide bonds. The molecule has 0 radical (unpaired) electrons. The number of carbonyl (C=O) groups is 1. The van der Waals surface area contributed by atoms with E-state index in [1.54, 1.807) is 18.1 Å². The van der Waals surface area contributed by atoms with Crippen molar-refractivity contribution >= 4 is 28.9 Å². The summed E-state index contributed by atoms with van der Waals surface area (Å²) in [5.74, 6) is 0.781. The molecule has 2 rings (SSSR count). The van der Waals surface area contributed by atoms with E-state index in [0.29, 0.717) is 12.1 Å². The van der Waals surface area contributed by atoms with Crippen LogP contribution in [-0.4, -0.2) is 37.8 Å². The predicted octanol–water partition coefficient (Wildman–Crippen LogP) is 2.57. The van der Waals surface area contributed by atoms with Gasteiger partial charge in [0, 0.05) is 6.42 Å². The van der Waals surface area contributed by atoms with Gasteiger partial charge in [-0.2, -0.15) is 0 Å². The van der Waals surface area contributed by atoms with Gasteiger partial charge in [0.25, 0.3) is 0 Å². The lowest BCUT2D eigenvalue weighted by Crippen LogP contribution is -2.10. The fourth-order valence-electron chi connectivity index (χ4n) is 1.71. The van der Waals surface area contributed by atoms with Crippen molar-refractivity contribution in [2.75, 3.05) is 5.75 Å². The molecule has 0 aromatic carbocycles. The van der Waals surface area contributed by atoms with E-state index < -0.39 is 0 Å². The summed E-state index contributed by atoms with van der Waals surface area (Å²) in [4.78, 5) is 26.8. The fraction of sp³-hybridized carbons (Fsp3) is 0.538. The van der Waals surface area contributed by atoms with E-state index in [0.717, 1.165) is 29.1 Å². The Morgan fingerprint density at radius 1 is 1.35 bits per heavy atom. The minimum absolute atomic E-state index is 0.0356. The van der Waals surface area contributed by atoms with Crippen molar-refractivity contribution in [3.8, 4) is 0 Å². The minimum atomic E-state index is -0.122. The highest BCUT2D eigenvalue weighted by molar-refractivity contribution is 7.99. The second-order valence-corrected chi connectivity index (χ2v) is 5.71. The maximum atomic E-state index is 11.4. The number of rotatable bonds is 7. The Balaban J connectivity index is 1.71. The van der Waals surface area contributed by atoms with Crippen LogP contribution in [0.1, 0.15) is 33.1 Å². The van der Waals surface area contributed by atoms with Gasteiger partial charge in [-0.25, -0.2) is 15.0 Å². The molecule has 0 aliphatic heterocycles. The van der Waals surface area contributed by atoms with Crippen LogP contribution in [0.15, 0.2) is 17.7 Å². The Kier molecular flexibility index (Phi) is 5.34. The molecule has 0 atom stereocenters. The number of unbranched alkanes of at least 4 members (excludes halogenated alkanes) is 1. The quantitative estimate of drug-likeness (QED) is 0.366. The molecule has 6 nitrogen and oxygen atoms in total. The highest BCUT2D eigenvalue weighted by Gasteiger charge is 2.07. The fourth-order valence-corrected chi connectivity index (χ4v) is 2.67. The smallest absolute Gasteiger partial charge is 0.306 e. The molecule has 0 aliphatic carbocycles. The van der Waals surface area contributed by atoms with Gasteiger partial charge in [0.2, 0.25) is 0 Å². The van der Waals surface area contributed by atoms with Crippen molar-refractivity contribution in [3.05, 3.63) is 12.7 Å². The lowest BCUT2D eigenvalue weighted by molar-refractivity contribution is -0.147. The third-order valence-corrected chi connectivity index (χ3v) is 3.65. The van der Waals surface area contributed by atoms with Crippen molar-refractivity contribution in [2.24, 2.45) is 0 Å². The van der Waals surface area contributed by atoms with Crippen molar-refractivity contribution in [1.29, 1.82) is 0 Å². The first kappa shape index (κ1) is 14.8. The lowest BCUT2D eigenvalue weighted by atomic mass is 10.2. The van der Waals surface area contributed by atoms with Crippen LogP contribution in [-0.2, 0) is 9.53 Å². The standard InChI is InChI=1S/C13H18N4O2S/c1-9(2)19-10(18)5-3-4-6-20-13-11-12(15-7-14-11)16-8-17-13/h7-9H,3-6H2,1-2H3,(H,14,15,16,17). The van der Waals surface area contributed by atoms with Gasteiger partial charge in [0.1, 0.15) is 16.9 Å². The van der Waals surface area contributed by atoms with E-state index in [1.165, 1.54) is 6.33 Å². The molecule has 0 bridgehead atoms. The molecular weight excluding hydrogens is 276 g/mol. The number of thioether (sulfide) groups is 1. The number of ether oxygens (including phenoxy) is 1. The predicted molar refractivity (Wildman–Crippen MR) is 77.5 cm³/mol. The zero-order chi connectivity index (χ0) is 14.4. The molecule has 0 spiro atoms. The molecule has 2 heterocycles. The van der Waals surface area contributed by atoms with Crippen molar-refractivity contribution in [1.82, 2.24) is 19.9 Å². The number of nitrogens with zero attached hydrogens (tertiary/aromatic N) is 3. The van der Waals surface area contributed by atoms with E-state index >= 15 is 0 Å². The average molecular weight is 294 g/mol. The summed E-state index contributed by atoms with van der Waals surface area (Å²) in [5, 5.41) is 0.900. The molecule has 1 N–H and O–H groups in total. The summed E-state index contributed by atoms with van der Waals surface area (Å²) in [6, 6.07) is 0. The number of nitrogens with one attached hydrogen (secondary N) is 1. The van der Waals surface area contributed by atoms with Crippen LogP contribution in [0.25, 0.3) is 11.2 Å². The van der Waals surface area contributed by atoms with Gasteiger partial charge in [-0.05, 0) is 32.4 Å². The normalized spacial score (nSPS) is 11.2. The number of hydrogen-bond donors (Lipinski definition) is 1. The Morgan fingerprint density at radius 3 is 3.00 bits per heavy atom. The first-order chi connectivity index (χ1) is 9.66. The molecule has 0 aliphatic rings. The molecule has 2 aromatic rings. The maximum Gasteiger partial charge on any atom is 0.306 e. The van der Waals surface area contributed by atoms with Crippen molar-refractivity contribution in [2.45, 2.75) is 44.2 Å². The monoisotopic (exact) mass is 294 g/mol. The molecule has 2 aromatic heterocycles. The first-order valence-corrected chi connectivity index (χ1v) is 7.61. The third kappa shape index (κ3) is 4.19. The summed E-state index contributed by atoms with van der Waals surface area (Å²) < 4.78 is 5.08. The van der Waals surface area contributed by atoms with Gasteiger partial charge in [-0.1, -0.05) is 0 Å². The van der Waals surface area contributed by atoms with Gasteiger partial charge in [-0.15, -0.1) is 11.8 Å². The Labute approximate surface area is 121 Å². The number of aromatic amines is 1. The number of hydrogen-bond acceptors (Lipinski definition) is 6. The summed E-state index contributed by atoms with van der Waals surface area (Å²) >= 11 is 1.65. The Hall–Kier alpha value is -1.63. The van der Waals surface area contributed by atoms with Gasteiger partial charge < -0.3 is 9.72 Å². The van der Waals surface area contributed by atoms with Crippen LogP contribution in [0.5, 0.6) is 0 Å². The number of carbonyl (C=O) groups excluding carboxylic acids is 1. The minimum Gasteiger partial charge on any atom is -0.463 e. The van der Waals surface area contributed by atoms with Gasteiger partial charge in [0.05, 0.1) is 12.4 Å². The van der Waals surface area contributed by atoms with Crippen molar-refractivity contribution in [3.63, 3.8) is 0 Å². The highest BCUT2D eigenvalue weighted by atomic mass is 32.2. The topological polar surface area (TPSA) is 80.8 Å². The summed E-state index contributed by atoms with van der Waals surface area (Å²) in [6.45, 7) is 3.72. The van der Waals surface area contributed by atoms with E-state index in [9.17, 15) is 4.79 Å². The van der Waals surface area contributed by atoms with Gasteiger partial charge in [-0.3, -0.25) is 4.79 Å². The summed E-state index contributed by atoms with van der Waals surface area (Å²) in [7, 11) is 0. The van der Waals surface area contributed by atoms with E-state index in [1.807, 2.05) is 13.8 Å². The molecule has 20 heavy (non-hydrogen) atoms. The number of H-pyrrole nitrogens is 1. The number of imidazole rings is 1. The number of aromatic nitrogens is 4. The SMILES string of the molecule is CC(C)OC(=O)CCCCSc1ncnc2nc[nH]c12. The lowest BCUT2D eigenvalue weighted by Gasteiger charge is -2.07. The third-order valence-electron chi connectivity index (χ3n) is 2.57. The average Bonchev–Trinajstić information content (AvgIpc) is 2.86.